The van der Waals surface area contributed by atoms with Gasteiger partial charge in [0.2, 0.25) is 0 Å². The van der Waals surface area contributed by atoms with E-state index >= 15 is 0 Å². The summed E-state index contributed by atoms with van der Waals surface area (Å²) in [6.07, 6.45) is 5.03. The van der Waals surface area contributed by atoms with Crippen molar-refractivity contribution in [2.75, 3.05) is 13.6 Å². The average molecular weight is 265 g/mol. The van der Waals surface area contributed by atoms with Gasteiger partial charge in [-0.05, 0) is 49.5 Å². The van der Waals surface area contributed by atoms with E-state index in [2.05, 4.69) is 66.5 Å². The Kier molecular flexibility index (Phi) is 4.17. The first-order chi connectivity index (χ1) is 9.84. The Bertz CT molecular complexity index is 547. The summed E-state index contributed by atoms with van der Waals surface area (Å²) >= 11 is 0. The molecule has 1 atom stereocenters. The van der Waals surface area contributed by atoms with Gasteiger partial charge in [-0.25, -0.2) is 0 Å². The molecule has 0 aliphatic carbocycles. The Morgan fingerprint density at radius 2 is 1.70 bits per heavy atom. The lowest BCUT2D eigenvalue weighted by Crippen LogP contribution is -2.30. The van der Waals surface area contributed by atoms with E-state index in [-0.39, 0.29) is 0 Å². The molecular formula is C19H23N. The minimum absolute atomic E-state index is 0.601. The van der Waals surface area contributed by atoms with Crippen LogP contribution in [0.1, 0.15) is 42.0 Å². The Labute approximate surface area is 122 Å². The Morgan fingerprint density at radius 3 is 2.50 bits per heavy atom. The molecule has 1 aliphatic rings. The third-order valence-electron chi connectivity index (χ3n) is 4.42. The zero-order valence-electron chi connectivity index (χ0n) is 12.3. The van der Waals surface area contributed by atoms with E-state index in [1.807, 2.05) is 0 Å². The molecule has 0 amide bonds. The molecular weight excluding hydrogens is 242 g/mol. The van der Waals surface area contributed by atoms with Gasteiger partial charge in [-0.3, -0.25) is 4.90 Å². The molecule has 1 aliphatic heterocycles. The molecule has 3 rings (SSSR count). The van der Waals surface area contributed by atoms with Crippen molar-refractivity contribution in [3.63, 3.8) is 0 Å². The molecule has 0 bridgehead atoms. The van der Waals surface area contributed by atoms with E-state index in [0.717, 1.165) is 6.42 Å². The Balaban J connectivity index is 1.88. The minimum Gasteiger partial charge on any atom is -0.299 e. The standard InChI is InChI=1S/C19H23N/c1-20-14-8-7-13-19(20)18-12-6-5-11-17(18)15-16-9-3-2-4-10-16/h2-6,9-12,19H,7-8,13-15H2,1H3. The number of likely N-dealkylation sites (tertiary alicyclic amines) is 1. The summed E-state index contributed by atoms with van der Waals surface area (Å²) in [6.45, 7) is 1.23. The summed E-state index contributed by atoms with van der Waals surface area (Å²) < 4.78 is 0. The maximum atomic E-state index is 2.52. The zero-order chi connectivity index (χ0) is 13.8. The molecule has 104 valence electrons. The predicted molar refractivity (Wildman–Crippen MR) is 84.9 cm³/mol. The van der Waals surface area contributed by atoms with Crippen LogP contribution in [0.25, 0.3) is 0 Å². The van der Waals surface area contributed by atoms with Crippen molar-refractivity contribution in [1.82, 2.24) is 4.90 Å². The molecule has 0 N–H and O–H groups in total. The number of hydrogen-bond acceptors (Lipinski definition) is 1. The van der Waals surface area contributed by atoms with Gasteiger partial charge in [0.25, 0.3) is 0 Å². The van der Waals surface area contributed by atoms with Crippen LogP contribution in [0.15, 0.2) is 54.6 Å². The first kappa shape index (κ1) is 13.4. The highest BCUT2D eigenvalue weighted by atomic mass is 15.1. The molecule has 1 heteroatoms. The molecule has 1 nitrogen and oxygen atoms in total. The van der Waals surface area contributed by atoms with E-state index in [0.29, 0.717) is 6.04 Å². The van der Waals surface area contributed by atoms with Gasteiger partial charge >= 0.3 is 0 Å². The van der Waals surface area contributed by atoms with Gasteiger partial charge in [0.05, 0.1) is 0 Å². The first-order valence-electron chi connectivity index (χ1n) is 7.66. The van der Waals surface area contributed by atoms with Crippen molar-refractivity contribution >= 4 is 0 Å². The molecule has 0 spiro atoms. The molecule has 2 aromatic rings. The van der Waals surface area contributed by atoms with Gasteiger partial charge in [-0.1, -0.05) is 61.0 Å². The second kappa shape index (κ2) is 6.23. The summed E-state index contributed by atoms with van der Waals surface area (Å²) in [4.78, 5) is 2.52. The molecule has 1 heterocycles. The van der Waals surface area contributed by atoms with Crippen LogP contribution >= 0.6 is 0 Å². The largest absolute Gasteiger partial charge is 0.299 e. The number of rotatable bonds is 3. The second-order valence-electron chi connectivity index (χ2n) is 5.85. The summed E-state index contributed by atoms with van der Waals surface area (Å²) in [6, 6.07) is 20.4. The summed E-state index contributed by atoms with van der Waals surface area (Å²) in [7, 11) is 2.27. The third kappa shape index (κ3) is 2.94. The van der Waals surface area contributed by atoms with Gasteiger partial charge in [0.15, 0.2) is 0 Å². The number of piperidine rings is 1. The van der Waals surface area contributed by atoms with Gasteiger partial charge < -0.3 is 0 Å². The molecule has 1 saturated heterocycles. The SMILES string of the molecule is CN1CCCCC1c1ccccc1Cc1ccccc1. The van der Waals surface area contributed by atoms with Crippen LogP contribution in [0.4, 0.5) is 0 Å². The van der Waals surface area contributed by atoms with Crippen molar-refractivity contribution in [2.45, 2.75) is 31.7 Å². The van der Waals surface area contributed by atoms with Crippen LogP contribution in [0.3, 0.4) is 0 Å². The van der Waals surface area contributed by atoms with Crippen LogP contribution in [0.2, 0.25) is 0 Å². The molecule has 20 heavy (non-hydrogen) atoms. The molecule has 1 unspecified atom stereocenters. The number of nitrogens with zero attached hydrogens (tertiary/aromatic N) is 1. The van der Waals surface area contributed by atoms with E-state index in [1.54, 1.807) is 0 Å². The van der Waals surface area contributed by atoms with Crippen LogP contribution in [-0.4, -0.2) is 18.5 Å². The van der Waals surface area contributed by atoms with E-state index in [4.69, 9.17) is 0 Å². The normalized spacial score (nSPS) is 19.9. The Morgan fingerprint density at radius 1 is 0.950 bits per heavy atom. The van der Waals surface area contributed by atoms with E-state index in [1.165, 1.54) is 42.5 Å². The van der Waals surface area contributed by atoms with E-state index < -0.39 is 0 Å². The number of benzene rings is 2. The van der Waals surface area contributed by atoms with Crippen molar-refractivity contribution in [2.24, 2.45) is 0 Å². The highest BCUT2D eigenvalue weighted by molar-refractivity contribution is 5.35. The van der Waals surface area contributed by atoms with Crippen molar-refractivity contribution < 1.29 is 0 Å². The molecule has 0 radical (unpaired) electrons. The molecule has 2 aromatic carbocycles. The zero-order valence-corrected chi connectivity index (χ0v) is 12.3. The summed E-state index contributed by atoms with van der Waals surface area (Å²) in [5.41, 5.74) is 4.41. The highest BCUT2D eigenvalue weighted by Gasteiger charge is 2.22. The van der Waals surface area contributed by atoms with Crippen molar-refractivity contribution in [1.29, 1.82) is 0 Å². The quantitative estimate of drug-likeness (QED) is 0.793. The minimum atomic E-state index is 0.601. The predicted octanol–water partition coefficient (Wildman–Crippen LogP) is 4.43. The number of hydrogen-bond donors (Lipinski definition) is 0. The highest BCUT2D eigenvalue weighted by Crippen LogP contribution is 2.32. The smallest absolute Gasteiger partial charge is 0.0347 e. The van der Waals surface area contributed by atoms with Gasteiger partial charge in [-0.2, -0.15) is 0 Å². The fraction of sp³-hybridized carbons (Fsp3) is 0.368. The van der Waals surface area contributed by atoms with Crippen LogP contribution in [-0.2, 0) is 6.42 Å². The van der Waals surface area contributed by atoms with Gasteiger partial charge in [0, 0.05) is 6.04 Å². The molecule has 1 fully saturated rings. The Hall–Kier alpha value is -1.60. The third-order valence-corrected chi connectivity index (χ3v) is 4.42. The van der Waals surface area contributed by atoms with E-state index in [9.17, 15) is 0 Å². The lowest BCUT2D eigenvalue weighted by molar-refractivity contribution is 0.186. The lowest BCUT2D eigenvalue weighted by atomic mass is 9.90. The maximum absolute atomic E-state index is 2.52. The van der Waals surface area contributed by atoms with Gasteiger partial charge in [-0.15, -0.1) is 0 Å². The monoisotopic (exact) mass is 265 g/mol. The summed E-state index contributed by atoms with van der Waals surface area (Å²) in [5.74, 6) is 0. The van der Waals surface area contributed by atoms with Crippen LogP contribution in [0, 0.1) is 0 Å². The first-order valence-corrected chi connectivity index (χ1v) is 7.66. The molecule has 0 saturated carbocycles. The van der Waals surface area contributed by atoms with Crippen molar-refractivity contribution in [3.05, 3.63) is 71.3 Å². The fourth-order valence-corrected chi connectivity index (χ4v) is 3.30. The van der Waals surface area contributed by atoms with Crippen LogP contribution < -0.4 is 0 Å². The average Bonchev–Trinajstić information content (AvgIpc) is 2.50. The topological polar surface area (TPSA) is 3.24 Å². The van der Waals surface area contributed by atoms with Gasteiger partial charge in [0.1, 0.15) is 0 Å². The lowest BCUT2D eigenvalue weighted by Gasteiger charge is -2.34. The van der Waals surface area contributed by atoms with Crippen molar-refractivity contribution in [3.8, 4) is 0 Å². The fourth-order valence-electron chi connectivity index (χ4n) is 3.30. The molecule has 0 aromatic heterocycles. The summed E-state index contributed by atoms with van der Waals surface area (Å²) in [5, 5.41) is 0. The second-order valence-corrected chi connectivity index (χ2v) is 5.85. The van der Waals surface area contributed by atoms with Crippen LogP contribution in [0.5, 0.6) is 0 Å². The maximum Gasteiger partial charge on any atom is 0.0347 e.